The number of nitrogens with one attached hydrogen (secondary N) is 1. The summed E-state index contributed by atoms with van der Waals surface area (Å²) < 4.78 is 0. The second-order valence-electron chi connectivity index (χ2n) is 12.4. The summed E-state index contributed by atoms with van der Waals surface area (Å²) in [6.07, 6.45) is 11.2. The van der Waals surface area contributed by atoms with Crippen molar-refractivity contribution in [3.63, 3.8) is 0 Å². The highest BCUT2D eigenvalue weighted by atomic mass is 15.2. The number of hydrogen-bond acceptors (Lipinski definition) is 5. The Kier molecular flexibility index (Phi) is 6.46. The van der Waals surface area contributed by atoms with E-state index in [-0.39, 0.29) is 0 Å². The highest BCUT2D eigenvalue weighted by Crippen LogP contribution is 2.38. The van der Waals surface area contributed by atoms with Crippen molar-refractivity contribution < 1.29 is 0 Å². The second kappa shape index (κ2) is 10.2. The highest BCUT2D eigenvalue weighted by Gasteiger charge is 2.38. The maximum atomic E-state index is 4.74. The molecule has 2 aromatic carbocycles. The van der Waals surface area contributed by atoms with Crippen molar-refractivity contribution in [3.05, 3.63) is 83.4 Å². The van der Waals surface area contributed by atoms with Crippen LogP contribution in [-0.2, 0) is 12.8 Å². The molecule has 2 aliphatic rings. The summed E-state index contributed by atoms with van der Waals surface area (Å²) in [5.74, 6) is 0. The summed E-state index contributed by atoms with van der Waals surface area (Å²) in [5, 5.41) is 8.79. The summed E-state index contributed by atoms with van der Waals surface area (Å²) >= 11 is 0. The van der Waals surface area contributed by atoms with Crippen molar-refractivity contribution in [2.24, 2.45) is 0 Å². The van der Waals surface area contributed by atoms with Gasteiger partial charge in [0.15, 0.2) is 5.65 Å². The molecular formula is C35H38N6. The fraction of sp³-hybridized carbons (Fsp3) is 0.371. The van der Waals surface area contributed by atoms with Gasteiger partial charge in [-0.2, -0.15) is 5.10 Å². The number of benzene rings is 2. The van der Waals surface area contributed by atoms with Gasteiger partial charge in [0, 0.05) is 46.1 Å². The summed E-state index contributed by atoms with van der Waals surface area (Å²) in [6, 6.07) is 18.5. The zero-order chi connectivity index (χ0) is 28.1. The predicted octanol–water partition coefficient (Wildman–Crippen LogP) is 7.49. The normalized spacial score (nSPS) is 21.2. The third kappa shape index (κ3) is 4.74. The van der Waals surface area contributed by atoms with Crippen LogP contribution >= 0.6 is 0 Å². The molecule has 2 atom stereocenters. The molecule has 1 saturated heterocycles. The molecule has 41 heavy (non-hydrogen) atoms. The number of nitrogens with zero attached hydrogens (tertiary/aromatic N) is 5. The number of aryl methyl sites for hydroxylation is 4. The Morgan fingerprint density at radius 3 is 2.39 bits per heavy atom. The Morgan fingerprint density at radius 1 is 0.854 bits per heavy atom. The lowest BCUT2D eigenvalue weighted by Crippen LogP contribution is -2.48. The van der Waals surface area contributed by atoms with Crippen molar-refractivity contribution in [1.29, 1.82) is 0 Å². The molecule has 7 rings (SSSR count). The average molecular weight is 543 g/mol. The molecule has 0 bridgehead atoms. The number of H-pyrrole nitrogens is 1. The Hall–Kier alpha value is -3.90. The fourth-order valence-corrected chi connectivity index (χ4v) is 7.12. The van der Waals surface area contributed by atoms with Crippen molar-refractivity contribution in [3.8, 4) is 33.6 Å². The molecule has 0 amide bonds. The zero-order valence-electron chi connectivity index (χ0n) is 24.5. The summed E-state index contributed by atoms with van der Waals surface area (Å²) in [6.45, 7) is 10.1. The molecule has 1 aliphatic carbocycles. The second-order valence-corrected chi connectivity index (χ2v) is 12.4. The minimum absolute atomic E-state index is 0.293. The number of aromatic amines is 1. The van der Waals surface area contributed by atoms with Gasteiger partial charge in [0.05, 0.1) is 22.8 Å². The molecule has 0 radical (unpaired) electrons. The van der Waals surface area contributed by atoms with Crippen LogP contribution in [0.15, 0.2) is 60.9 Å². The standard InChI is InChI=1S/C35H38N6/c1-22-20-36-24(3)32(38-22)26-8-10-27(11-9-26)33-31-19-30(21-37-34(31)40-39-33)28-12-7-25-13-15-35(4,16-14-29(25)18-28)41-17-5-6-23(41)2/h7-12,18-21,23H,5-6,13-17H2,1-4H3,(H,37,39,40)/t23-,35+/m1/s1. The minimum Gasteiger partial charge on any atom is -0.295 e. The first-order valence-corrected chi connectivity index (χ1v) is 15.0. The molecular weight excluding hydrogens is 504 g/mol. The Balaban J connectivity index is 1.17. The monoisotopic (exact) mass is 542 g/mol. The summed E-state index contributed by atoms with van der Waals surface area (Å²) in [4.78, 5) is 16.7. The topological polar surface area (TPSA) is 70.6 Å². The van der Waals surface area contributed by atoms with Gasteiger partial charge in [-0.05, 0) is 95.5 Å². The van der Waals surface area contributed by atoms with Gasteiger partial charge in [-0.15, -0.1) is 0 Å². The average Bonchev–Trinajstić information content (AvgIpc) is 3.58. The predicted molar refractivity (Wildman–Crippen MR) is 166 cm³/mol. The molecule has 0 saturated carbocycles. The van der Waals surface area contributed by atoms with Gasteiger partial charge in [0.1, 0.15) is 0 Å². The van der Waals surface area contributed by atoms with Crippen LogP contribution in [0.5, 0.6) is 0 Å². The number of hydrogen-bond donors (Lipinski definition) is 1. The zero-order valence-corrected chi connectivity index (χ0v) is 24.5. The van der Waals surface area contributed by atoms with Gasteiger partial charge in [-0.3, -0.25) is 15.0 Å². The van der Waals surface area contributed by atoms with Crippen molar-refractivity contribution >= 4 is 11.0 Å². The van der Waals surface area contributed by atoms with E-state index in [1.165, 1.54) is 48.9 Å². The lowest BCUT2D eigenvalue weighted by Gasteiger charge is -2.41. The lowest BCUT2D eigenvalue weighted by molar-refractivity contribution is 0.0821. The van der Waals surface area contributed by atoms with E-state index in [1.54, 1.807) is 0 Å². The molecule has 5 aromatic rings. The number of rotatable bonds is 4. The van der Waals surface area contributed by atoms with Gasteiger partial charge in [-0.1, -0.05) is 42.5 Å². The maximum absolute atomic E-state index is 4.74. The fourth-order valence-electron chi connectivity index (χ4n) is 7.12. The third-order valence-electron chi connectivity index (χ3n) is 9.58. The smallest absolute Gasteiger partial charge is 0.181 e. The lowest BCUT2D eigenvalue weighted by atomic mass is 9.89. The van der Waals surface area contributed by atoms with Gasteiger partial charge < -0.3 is 0 Å². The molecule has 0 unspecified atom stereocenters. The third-order valence-corrected chi connectivity index (χ3v) is 9.58. The van der Waals surface area contributed by atoms with Crippen LogP contribution < -0.4 is 0 Å². The number of fused-ring (bicyclic) bond motifs is 2. The van der Waals surface area contributed by atoms with Crippen LogP contribution in [0.25, 0.3) is 44.7 Å². The van der Waals surface area contributed by atoms with E-state index < -0.39 is 0 Å². The van der Waals surface area contributed by atoms with Crippen LogP contribution in [0.3, 0.4) is 0 Å². The molecule has 3 aromatic heterocycles. The van der Waals surface area contributed by atoms with E-state index in [4.69, 9.17) is 9.97 Å². The van der Waals surface area contributed by atoms with Crippen LogP contribution in [0.4, 0.5) is 0 Å². The highest BCUT2D eigenvalue weighted by molar-refractivity contribution is 5.93. The SMILES string of the molecule is Cc1cnc(C)c(-c2ccc(-c3[nH]nc4ncc(-c5ccc6c(c5)CC[C@@](C)(N5CCC[C@H]5C)CC6)cc34)cc2)n1. The first-order valence-electron chi connectivity index (χ1n) is 15.0. The molecule has 1 fully saturated rings. The van der Waals surface area contributed by atoms with Gasteiger partial charge >= 0.3 is 0 Å². The van der Waals surface area contributed by atoms with Crippen molar-refractivity contribution in [2.75, 3.05) is 6.54 Å². The summed E-state index contributed by atoms with van der Waals surface area (Å²) in [5.41, 5.74) is 12.3. The first-order chi connectivity index (χ1) is 19.9. The van der Waals surface area contributed by atoms with E-state index >= 15 is 0 Å². The van der Waals surface area contributed by atoms with Gasteiger partial charge in [-0.25, -0.2) is 9.97 Å². The maximum Gasteiger partial charge on any atom is 0.181 e. The summed E-state index contributed by atoms with van der Waals surface area (Å²) in [7, 11) is 0. The van der Waals surface area contributed by atoms with Crippen LogP contribution in [0, 0.1) is 13.8 Å². The van der Waals surface area contributed by atoms with E-state index in [2.05, 4.69) is 82.5 Å². The Morgan fingerprint density at radius 2 is 1.61 bits per heavy atom. The number of likely N-dealkylation sites (tertiary alicyclic amines) is 1. The Bertz CT molecular complexity index is 1740. The Labute approximate surface area is 242 Å². The van der Waals surface area contributed by atoms with E-state index in [1.807, 2.05) is 26.2 Å². The van der Waals surface area contributed by atoms with E-state index in [9.17, 15) is 0 Å². The van der Waals surface area contributed by atoms with Crippen LogP contribution in [-0.4, -0.2) is 48.2 Å². The quantitative estimate of drug-likeness (QED) is 0.238. The molecule has 1 aliphatic heterocycles. The van der Waals surface area contributed by atoms with Crippen molar-refractivity contribution in [2.45, 2.75) is 77.8 Å². The molecule has 1 N–H and O–H groups in total. The molecule has 4 heterocycles. The largest absolute Gasteiger partial charge is 0.295 e. The van der Waals surface area contributed by atoms with Gasteiger partial charge in [0.2, 0.25) is 0 Å². The first kappa shape index (κ1) is 26.0. The number of aromatic nitrogens is 5. The van der Waals surface area contributed by atoms with Crippen molar-refractivity contribution in [1.82, 2.24) is 30.0 Å². The van der Waals surface area contributed by atoms with E-state index in [0.29, 0.717) is 11.6 Å². The van der Waals surface area contributed by atoms with Gasteiger partial charge in [0.25, 0.3) is 0 Å². The number of pyridine rings is 1. The molecule has 6 nitrogen and oxygen atoms in total. The molecule has 6 heteroatoms. The van der Waals surface area contributed by atoms with Crippen LogP contribution in [0.1, 0.15) is 62.0 Å². The van der Waals surface area contributed by atoms with E-state index in [0.717, 1.165) is 63.3 Å². The minimum atomic E-state index is 0.293. The molecule has 208 valence electrons. The van der Waals surface area contributed by atoms with Crippen LogP contribution in [0.2, 0.25) is 0 Å². The molecule has 0 spiro atoms.